The van der Waals surface area contributed by atoms with Crippen molar-refractivity contribution < 1.29 is 26.3 Å². The van der Waals surface area contributed by atoms with E-state index in [-0.39, 0.29) is 10.6 Å². The van der Waals surface area contributed by atoms with Crippen molar-refractivity contribution in [3.8, 4) is 0 Å². The Hall–Kier alpha value is -2.29. The van der Waals surface area contributed by atoms with Crippen LogP contribution >= 0.6 is 11.6 Å². The maximum absolute atomic E-state index is 13.5. The molecule has 1 aromatic carbocycles. The van der Waals surface area contributed by atoms with Gasteiger partial charge >= 0.3 is 18.0 Å². The van der Waals surface area contributed by atoms with Gasteiger partial charge in [0, 0.05) is 11.3 Å². The predicted octanol–water partition coefficient (Wildman–Crippen LogP) is 5.10. The van der Waals surface area contributed by atoms with E-state index in [9.17, 15) is 26.3 Å². The Bertz CT molecular complexity index is 849. The second kappa shape index (κ2) is 5.87. The Labute approximate surface area is 149 Å². The van der Waals surface area contributed by atoms with Gasteiger partial charge in [-0.05, 0) is 31.2 Å². The van der Waals surface area contributed by atoms with Gasteiger partial charge in [0.25, 0.3) is 0 Å². The van der Waals surface area contributed by atoms with Gasteiger partial charge in [-0.1, -0.05) is 29.8 Å². The molecule has 3 rings (SSSR count). The molecule has 0 fully saturated rings. The number of allylic oxidation sites excluding steroid dienone is 3. The highest BCUT2D eigenvalue weighted by Gasteiger charge is 2.74. The molecule has 0 N–H and O–H groups in total. The minimum atomic E-state index is -5.79. The quantitative estimate of drug-likeness (QED) is 0.610. The number of amidine groups is 2. The highest BCUT2D eigenvalue weighted by Crippen LogP contribution is 2.49. The second-order valence-corrected chi connectivity index (χ2v) is 5.96. The molecule has 0 radical (unpaired) electrons. The van der Waals surface area contributed by atoms with Gasteiger partial charge in [0.2, 0.25) is 0 Å². The van der Waals surface area contributed by atoms with E-state index < -0.39 is 29.7 Å². The van der Waals surface area contributed by atoms with Gasteiger partial charge in [-0.25, -0.2) is 9.98 Å². The number of rotatable bonds is 1. The third-order valence-corrected chi connectivity index (χ3v) is 4.16. The van der Waals surface area contributed by atoms with Crippen molar-refractivity contribution in [2.75, 3.05) is 0 Å². The minimum absolute atomic E-state index is 0.0342. The fraction of sp³-hybridized carbons (Fsp3) is 0.250. The van der Waals surface area contributed by atoms with E-state index in [1.54, 1.807) is 0 Å². The summed E-state index contributed by atoms with van der Waals surface area (Å²) < 4.78 is 81.1. The van der Waals surface area contributed by atoms with Crippen LogP contribution in [0.3, 0.4) is 0 Å². The molecule has 0 saturated carbocycles. The van der Waals surface area contributed by atoms with Crippen molar-refractivity contribution in [3.63, 3.8) is 0 Å². The number of hydrogen-bond acceptors (Lipinski definition) is 3. The van der Waals surface area contributed by atoms with Gasteiger partial charge in [0.1, 0.15) is 11.7 Å². The summed E-state index contributed by atoms with van der Waals surface area (Å²) in [6.07, 6.45) is -7.69. The smallest absolute Gasteiger partial charge is 0.283 e. The Morgan fingerprint density at radius 1 is 1.00 bits per heavy atom. The van der Waals surface area contributed by atoms with E-state index in [2.05, 4.69) is 9.98 Å². The van der Waals surface area contributed by atoms with Crippen LogP contribution < -0.4 is 0 Å². The molecule has 0 atom stereocenters. The molecule has 0 aromatic heterocycles. The molecule has 10 heteroatoms. The van der Waals surface area contributed by atoms with Crippen molar-refractivity contribution >= 4 is 23.3 Å². The second-order valence-electron chi connectivity index (χ2n) is 5.56. The minimum Gasteiger partial charge on any atom is -0.283 e. The van der Waals surface area contributed by atoms with Gasteiger partial charge in [0.15, 0.2) is 0 Å². The number of halogens is 7. The predicted molar refractivity (Wildman–Crippen MR) is 85.0 cm³/mol. The lowest BCUT2D eigenvalue weighted by Gasteiger charge is -2.40. The summed E-state index contributed by atoms with van der Waals surface area (Å²) in [6, 6.07) is 5.60. The number of nitrogens with zero attached hydrogens (tertiary/aromatic N) is 3. The van der Waals surface area contributed by atoms with Crippen LogP contribution in [0.4, 0.5) is 26.3 Å². The molecule has 0 aliphatic carbocycles. The van der Waals surface area contributed by atoms with E-state index in [1.807, 2.05) is 0 Å². The molecule has 0 unspecified atom stereocenters. The Morgan fingerprint density at radius 2 is 1.62 bits per heavy atom. The Kier molecular flexibility index (Phi) is 4.18. The molecule has 3 nitrogen and oxygen atoms in total. The lowest BCUT2D eigenvalue weighted by Crippen LogP contribution is -2.59. The summed E-state index contributed by atoms with van der Waals surface area (Å²) in [6.45, 7) is 1.51. The molecule has 2 aliphatic heterocycles. The molecule has 0 saturated heterocycles. The number of alkyl halides is 6. The van der Waals surface area contributed by atoms with Gasteiger partial charge in [-0.15, -0.1) is 0 Å². The Balaban J connectivity index is 2.36. The standard InChI is InChI=1S/C16H10ClF6N3/c1-9-5-4-8-12-24-14(15(18,19)20,16(21,22)23)25-13(26(9)12)10-6-2-3-7-11(10)17/h2-8H,1H3. The van der Waals surface area contributed by atoms with Crippen LogP contribution in [0.25, 0.3) is 0 Å². The fourth-order valence-corrected chi connectivity index (χ4v) is 2.82. The Morgan fingerprint density at radius 3 is 2.19 bits per heavy atom. The van der Waals surface area contributed by atoms with Gasteiger partial charge in [-0.3, -0.25) is 4.90 Å². The number of benzene rings is 1. The first-order chi connectivity index (χ1) is 12.0. The average molecular weight is 394 g/mol. The summed E-state index contributed by atoms with van der Waals surface area (Å²) in [4.78, 5) is 7.14. The SMILES string of the molecule is CC1=CC=CC2=NC(C(F)(F)F)(C(F)(F)F)N=C(c3ccccc3Cl)N12. The molecule has 138 valence electrons. The molecule has 26 heavy (non-hydrogen) atoms. The molecule has 1 aromatic rings. The van der Waals surface area contributed by atoms with Crippen molar-refractivity contribution in [2.45, 2.75) is 24.9 Å². The van der Waals surface area contributed by atoms with Crippen LogP contribution in [0.1, 0.15) is 12.5 Å². The third kappa shape index (κ3) is 2.70. The first kappa shape index (κ1) is 18.5. The van der Waals surface area contributed by atoms with Gasteiger partial charge in [0.05, 0.1) is 5.02 Å². The van der Waals surface area contributed by atoms with Crippen molar-refractivity contribution in [1.82, 2.24) is 4.90 Å². The molecular formula is C16H10ClF6N3. The van der Waals surface area contributed by atoms with Crippen molar-refractivity contribution in [1.29, 1.82) is 0 Å². The zero-order valence-corrected chi connectivity index (χ0v) is 13.8. The number of fused-ring (bicyclic) bond motifs is 1. The largest absolute Gasteiger partial charge is 0.443 e. The van der Waals surface area contributed by atoms with Crippen LogP contribution in [-0.2, 0) is 0 Å². The van der Waals surface area contributed by atoms with Crippen molar-refractivity contribution in [2.24, 2.45) is 9.98 Å². The van der Waals surface area contributed by atoms with Crippen LogP contribution in [0.15, 0.2) is 58.2 Å². The first-order valence-electron chi connectivity index (χ1n) is 7.21. The highest BCUT2D eigenvalue weighted by atomic mass is 35.5. The van der Waals surface area contributed by atoms with E-state index in [0.717, 1.165) is 11.0 Å². The maximum Gasteiger partial charge on any atom is 0.443 e. The summed E-state index contributed by atoms with van der Waals surface area (Å²) in [5.41, 5.74) is -4.33. The maximum atomic E-state index is 13.5. The summed E-state index contributed by atoms with van der Waals surface area (Å²) >= 11 is 6.01. The van der Waals surface area contributed by atoms with E-state index in [0.29, 0.717) is 5.70 Å². The van der Waals surface area contributed by atoms with E-state index in [1.165, 1.54) is 43.3 Å². The topological polar surface area (TPSA) is 28.0 Å². The first-order valence-corrected chi connectivity index (χ1v) is 7.59. The average Bonchev–Trinajstić information content (AvgIpc) is 2.52. The monoisotopic (exact) mass is 393 g/mol. The highest BCUT2D eigenvalue weighted by molar-refractivity contribution is 6.35. The van der Waals surface area contributed by atoms with Crippen LogP contribution in [0.2, 0.25) is 5.02 Å². The summed E-state index contributed by atoms with van der Waals surface area (Å²) in [5.74, 6) is -1.10. The molecule has 0 spiro atoms. The van der Waals surface area contributed by atoms with Crippen LogP contribution in [-0.4, -0.2) is 34.6 Å². The third-order valence-electron chi connectivity index (χ3n) is 3.83. The van der Waals surface area contributed by atoms with Crippen LogP contribution in [0.5, 0.6) is 0 Å². The lowest BCUT2D eigenvalue weighted by atomic mass is 10.1. The van der Waals surface area contributed by atoms with E-state index >= 15 is 0 Å². The number of hydrogen-bond donors (Lipinski definition) is 0. The molecule has 0 amide bonds. The van der Waals surface area contributed by atoms with Gasteiger partial charge in [-0.2, -0.15) is 26.3 Å². The molecule has 0 bridgehead atoms. The zero-order valence-electron chi connectivity index (χ0n) is 13.0. The molecular weight excluding hydrogens is 384 g/mol. The van der Waals surface area contributed by atoms with Crippen LogP contribution in [0, 0.1) is 0 Å². The normalized spacial score (nSPS) is 19.5. The lowest BCUT2D eigenvalue weighted by molar-refractivity contribution is -0.292. The summed E-state index contributed by atoms with van der Waals surface area (Å²) in [7, 11) is 0. The zero-order chi connectivity index (χ0) is 19.3. The molecule has 2 heterocycles. The van der Waals surface area contributed by atoms with E-state index in [4.69, 9.17) is 11.6 Å². The fourth-order valence-electron chi connectivity index (χ4n) is 2.60. The van der Waals surface area contributed by atoms with Crippen molar-refractivity contribution in [3.05, 3.63) is 58.8 Å². The molecule has 2 aliphatic rings. The van der Waals surface area contributed by atoms with Gasteiger partial charge < -0.3 is 0 Å². The summed E-state index contributed by atoms with van der Waals surface area (Å²) in [5, 5.41) is -0.0342. The number of aliphatic imine (C=N–C) groups is 2.